The number of hydrogen-bond acceptors (Lipinski definition) is 3. The Morgan fingerprint density at radius 3 is 2.61 bits per heavy atom. The Morgan fingerprint density at radius 2 is 2.00 bits per heavy atom. The fraction of sp³-hybridized carbons (Fsp3) is 0.214. The third-order valence-corrected chi connectivity index (χ3v) is 3.71. The van der Waals surface area contributed by atoms with Crippen molar-refractivity contribution in [2.75, 3.05) is 0 Å². The SMILES string of the molecule is Cc1cnccc1C(Cc1ccc(I)cc1)NN. The molecule has 1 unspecified atom stereocenters. The van der Waals surface area contributed by atoms with E-state index in [9.17, 15) is 0 Å². The monoisotopic (exact) mass is 353 g/mol. The number of pyridine rings is 1. The molecule has 1 heterocycles. The highest BCUT2D eigenvalue weighted by Crippen LogP contribution is 2.20. The van der Waals surface area contributed by atoms with Crippen molar-refractivity contribution in [3.63, 3.8) is 0 Å². The van der Waals surface area contributed by atoms with Gasteiger partial charge in [0.2, 0.25) is 0 Å². The van der Waals surface area contributed by atoms with Crippen LogP contribution < -0.4 is 11.3 Å². The van der Waals surface area contributed by atoms with Gasteiger partial charge >= 0.3 is 0 Å². The van der Waals surface area contributed by atoms with E-state index in [4.69, 9.17) is 5.84 Å². The van der Waals surface area contributed by atoms with E-state index >= 15 is 0 Å². The molecule has 18 heavy (non-hydrogen) atoms. The number of nitrogens with two attached hydrogens (primary N) is 1. The average molecular weight is 353 g/mol. The van der Waals surface area contributed by atoms with Crippen LogP contribution in [-0.2, 0) is 6.42 Å². The maximum Gasteiger partial charge on any atom is 0.0504 e. The van der Waals surface area contributed by atoms with Crippen LogP contribution in [0.1, 0.15) is 22.7 Å². The first-order valence-corrected chi connectivity index (χ1v) is 6.89. The van der Waals surface area contributed by atoms with Gasteiger partial charge in [0, 0.05) is 16.0 Å². The van der Waals surface area contributed by atoms with Gasteiger partial charge in [-0.2, -0.15) is 0 Å². The van der Waals surface area contributed by atoms with Crippen LogP contribution in [0.4, 0.5) is 0 Å². The van der Waals surface area contributed by atoms with E-state index in [0.717, 1.165) is 12.0 Å². The van der Waals surface area contributed by atoms with E-state index in [2.05, 4.69) is 64.2 Å². The molecule has 4 heteroatoms. The minimum atomic E-state index is 0.119. The summed E-state index contributed by atoms with van der Waals surface area (Å²) in [4.78, 5) is 4.11. The van der Waals surface area contributed by atoms with Gasteiger partial charge in [-0.3, -0.25) is 16.3 Å². The van der Waals surface area contributed by atoms with Crippen LogP contribution in [0.2, 0.25) is 0 Å². The first-order chi connectivity index (χ1) is 8.70. The van der Waals surface area contributed by atoms with Gasteiger partial charge in [-0.25, -0.2) is 0 Å². The quantitative estimate of drug-likeness (QED) is 0.505. The number of rotatable bonds is 4. The summed E-state index contributed by atoms with van der Waals surface area (Å²) in [6.07, 6.45) is 4.55. The van der Waals surface area contributed by atoms with Crippen molar-refractivity contribution in [1.29, 1.82) is 0 Å². The van der Waals surface area contributed by atoms with Gasteiger partial charge in [0.05, 0.1) is 6.04 Å². The minimum Gasteiger partial charge on any atom is -0.271 e. The standard InChI is InChI=1S/C14H16IN3/c1-10-9-17-7-6-13(10)14(18-16)8-11-2-4-12(15)5-3-11/h2-7,9,14,18H,8,16H2,1H3. The Bertz CT molecular complexity index is 511. The van der Waals surface area contributed by atoms with Gasteiger partial charge in [0.1, 0.15) is 0 Å². The van der Waals surface area contributed by atoms with Crippen LogP contribution >= 0.6 is 22.6 Å². The Kier molecular flexibility index (Phi) is 4.68. The second-order valence-electron chi connectivity index (χ2n) is 4.28. The van der Waals surface area contributed by atoms with Crippen LogP contribution in [0.25, 0.3) is 0 Å². The molecular weight excluding hydrogens is 337 g/mol. The zero-order valence-corrected chi connectivity index (χ0v) is 12.4. The Balaban J connectivity index is 2.20. The normalized spacial score (nSPS) is 12.4. The highest BCUT2D eigenvalue weighted by atomic mass is 127. The largest absolute Gasteiger partial charge is 0.271 e. The van der Waals surface area contributed by atoms with E-state index in [0.29, 0.717) is 0 Å². The first-order valence-electron chi connectivity index (χ1n) is 5.82. The number of aromatic nitrogens is 1. The fourth-order valence-electron chi connectivity index (χ4n) is 1.99. The zero-order chi connectivity index (χ0) is 13.0. The molecule has 3 N–H and O–H groups in total. The van der Waals surface area contributed by atoms with Crippen molar-refractivity contribution in [1.82, 2.24) is 10.4 Å². The lowest BCUT2D eigenvalue weighted by Crippen LogP contribution is -2.30. The van der Waals surface area contributed by atoms with Gasteiger partial charge in [0.15, 0.2) is 0 Å². The molecule has 0 bridgehead atoms. The molecule has 0 saturated carbocycles. The van der Waals surface area contributed by atoms with Gasteiger partial charge in [-0.05, 0) is 70.8 Å². The number of hydrogen-bond donors (Lipinski definition) is 2. The number of halogens is 1. The molecule has 2 rings (SSSR count). The van der Waals surface area contributed by atoms with Crippen molar-refractivity contribution in [2.24, 2.45) is 5.84 Å². The molecule has 0 aliphatic heterocycles. The smallest absolute Gasteiger partial charge is 0.0504 e. The number of aryl methyl sites for hydroxylation is 1. The highest BCUT2D eigenvalue weighted by molar-refractivity contribution is 14.1. The summed E-state index contributed by atoms with van der Waals surface area (Å²) in [6, 6.07) is 10.6. The Labute approximate surface area is 121 Å². The van der Waals surface area contributed by atoms with Crippen molar-refractivity contribution in [3.05, 3.63) is 63.0 Å². The van der Waals surface area contributed by atoms with Gasteiger partial charge in [-0.1, -0.05) is 12.1 Å². The second-order valence-corrected chi connectivity index (χ2v) is 5.53. The number of benzene rings is 1. The van der Waals surface area contributed by atoms with Crippen LogP contribution in [-0.4, -0.2) is 4.98 Å². The maximum atomic E-state index is 5.68. The molecule has 0 aliphatic rings. The second kappa shape index (κ2) is 6.26. The molecule has 0 radical (unpaired) electrons. The van der Waals surface area contributed by atoms with E-state index in [1.165, 1.54) is 14.7 Å². The topological polar surface area (TPSA) is 50.9 Å². The number of nitrogens with zero attached hydrogens (tertiary/aromatic N) is 1. The Hall–Kier alpha value is -0.980. The molecule has 3 nitrogen and oxygen atoms in total. The lowest BCUT2D eigenvalue weighted by Gasteiger charge is -2.18. The lowest BCUT2D eigenvalue weighted by atomic mass is 9.97. The van der Waals surface area contributed by atoms with Crippen LogP contribution in [0.5, 0.6) is 0 Å². The predicted molar refractivity (Wildman–Crippen MR) is 81.9 cm³/mol. The molecule has 2 aromatic rings. The highest BCUT2D eigenvalue weighted by Gasteiger charge is 2.12. The molecule has 0 aliphatic carbocycles. The van der Waals surface area contributed by atoms with Gasteiger partial charge in [-0.15, -0.1) is 0 Å². The lowest BCUT2D eigenvalue weighted by molar-refractivity contribution is 0.548. The summed E-state index contributed by atoms with van der Waals surface area (Å²) in [5.74, 6) is 5.68. The third-order valence-electron chi connectivity index (χ3n) is 2.99. The van der Waals surface area contributed by atoms with Gasteiger partial charge < -0.3 is 0 Å². The fourth-order valence-corrected chi connectivity index (χ4v) is 2.35. The van der Waals surface area contributed by atoms with E-state index in [1.54, 1.807) is 6.20 Å². The summed E-state index contributed by atoms with van der Waals surface area (Å²) in [5.41, 5.74) is 6.52. The zero-order valence-electron chi connectivity index (χ0n) is 10.2. The molecule has 1 atom stereocenters. The summed E-state index contributed by atoms with van der Waals surface area (Å²) in [7, 11) is 0. The summed E-state index contributed by atoms with van der Waals surface area (Å²) >= 11 is 2.31. The summed E-state index contributed by atoms with van der Waals surface area (Å²) in [6.45, 7) is 2.06. The average Bonchev–Trinajstić information content (AvgIpc) is 2.39. The molecular formula is C14H16IN3. The van der Waals surface area contributed by atoms with E-state index in [-0.39, 0.29) is 6.04 Å². The van der Waals surface area contributed by atoms with Gasteiger partial charge in [0.25, 0.3) is 0 Å². The Morgan fingerprint density at radius 1 is 1.28 bits per heavy atom. The minimum absolute atomic E-state index is 0.119. The van der Waals surface area contributed by atoms with E-state index in [1.807, 2.05) is 12.3 Å². The van der Waals surface area contributed by atoms with Crippen LogP contribution in [0.15, 0.2) is 42.7 Å². The molecule has 0 amide bonds. The third kappa shape index (κ3) is 3.28. The van der Waals surface area contributed by atoms with Crippen molar-refractivity contribution < 1.29 is 0 Å². The van der Waals surface area contributed by atoms with Crippen molar-refractivity contribution in [2.45, 2.75) is 19.4 Å². The summed E-state index contributed by atoms with van der Waals surface area (Å²) < 4.78 is 1.24. The van der Waals surface area contributed by atoms with Crippen molar-refractivity contribution >= 4 is 22.6 Å². The van der Waals surface area contributed by atoms with E-state index < -0.39 is 0 Å². The number of hydrazine groups is 1. The molecule has 0 fully saturated rings. The van der Waals surface area contributed by atoms with Crippen LogP contribution in [0, 0.1) is 10.5 Å². The molecule has 0 saturated heterocycles. The predicted octanol–water partition coefficient (Wildman–Crippen LogP) is 2.74. The first kappa shape index (κ1) is 13.5. The number of nitrogens with one attached hydrogen (secondary N) is 1. The molecule has 1 aromatic carbocycles. The van der Waals surface area contributed by atoms with Crippen LogP contribution in [0.3, 0.4) is 0 Å². The molecule has 0 spiro atoms. The summed E-state index contributed by atoms with van der Waals surface area (Å²) in [5, 5.41) is 0. The molecule has 1 aromatic heterocycles. The van der Waals surface area contributed by atoms with Crippen molar-refractivity contribution in [3.8, 4) is 0 Å². The molecule has 94 valence electrons. The maximum absolute atomic E-state index is 5.68.